The molecule has 0 bridgehead atoms. The highest BCUT2D eigenvalue weighted by Gasteiger charge is 2.20. The Bertz CT molecular complexity index is 1060. The van der Waals surface area contributed by atoms with E-state index in [1.54, 1.807) is 13.8 Å². The first-order chi connectivity index (χ1) is 13.8. The second-order valence-electron chi connectivity index (χ2n) is 6.04. The number of carbonyl (C=O) groups is 1. The molecule has 0 radical (unpaired) electrons. The van der Waals surface area contributed by atoms with E-state index in [1.807, 2.05) is 0 Å². The molecular formula is C18H18Cl2F2N6O2. The topological polar surface area (TPSA) is 110 Å². The molecule has 3 aromatic rings. The van der Waals surface area contributed by atoms with E-state index in [0.29, 0.717) is 6.54 Å². The summed E-state index contributed by atoms with van der Waals surface area (Å²) in [5.41, 5.74) is 0.503. The Kier molecular flexibility index (Phi) is 7.65. The quantitative estimate of drug-likeness (QED) is 0.341. The van der Waals surface area contributed by atoms with Crippen molar-refractivity contribution in [1.82, 2.24) is 25.5 Å². The molecule has 1 aromatic carbocycles. The van der Waals surface area contributed by atoms with E-state index in [-0.39, 0.29) is 58.1 Å². The SMILES string of the molecule is CCN(N)C(=O)NCc1ncc(-c2cc(Cl)cc(F)c2-c2noc(C)n2)cc1F.Cl. The van der Waals surface area contributed by atoms with Crippen molar-refractivity contribution in [3.63, 3.8) is 0 Å². The first kappa shape index (κ1) is 23.5. The molecule has 160 valence electrons. The summed E-state index contributed by atoms with van der Waals surface area (Å²) in [6, 6.07) is 3.16. The van der Waals surface area contributed by atoms with Crippen LogP contribution in [0, 0.1) is 18.6 Å². The van der Waals surface area contributed by atoms with Gasteiger partial charge >= 0.3 is 6.03 Å². The summed E-state index contributed by atoms with van der Waals surface area (Å²) in [6.45, 7) is 3.38. The summed E-state index contributed by atoms with van der Waals surface area (Å²) in [6.07, 6.45) is 1.34. The van der Waals surface area contributed by atoms with Crippen LogP contribution in [0.2, 0.25) is 5.02 Å². The van der Waals surface area contributed by atoms with Crippen molar-refractivity contribution in [1.29, 1.82) is 0 Å². The Hall–Kier alpha value is -2.82. The lowest BCUT2D eigenvalue weighted by molar-refractivity contribution is 0.201. The number of halogens is 4. The van der Waals surface area contributed by atoms with Crippen LogP contribution in [-0.2, 0) is 6.54 Å². The first-order valence-corrected chi connectivity index (χ1v) is 8.92. The largest absolute Gasteiger partial charge is 0.339 e. The van der Waals surface area contributed by atoms with Crippen LogP contribution in [0.15, 0.2) is 28.9 Å². The number of nitrogens with one attached hydrogen (secondary N) is 1. The van der Waals surface area contributed by atoms with Gasteiger partial charge in [-0.25, -0.2) is 19.4 Å². The molecule has 2 aromatic heterocycles. The van der Waals surface area contributed by atoms with Crippen molar-refractivity contribution in [2.45, 2.75) is 20.4 Å². The van der Waals surface area contributed by atoms with E-state index in [1.165, 1.54) is 12.3 Å². The maximum absolute atomic E-state index is 14.6. The zero-order valence-electron chi connectivity index (χ0n) is 15.9. The van der Waals surface area contributed by atoms with Crippen LogP contribution in [0.5, 0.6) is 0 Å². The number of benzene rings is 1. The lowest BCUT2D eigenvalue weighted by atomic mass is 9.99. The Labute approximate surface area is 181 Å². The fraction of sp³-hybridized carbons (Fsp3) is 0.222. The summed E-state index contributed by atoms with van der Waals surface area (Å²) >= 11 is 5.98. The number of rotatable bonds is 5. The fourth-order valence-electron chi connectivity index (χ4n) is 2.58. The van der Waals surface area contributed by atoms with Gasteiger partial charge in [0.05, 0.1) is 17.8 Å². The maximum Gasteiger partial charge on any atom is 0.331 e. The number of hydrogen-bond acceptors (Lipinski definition) is 6. The van der Waals surface area contributed by atoms with Crippen LogP contribution in [0.1, 0.15) is 18.5 Å². The molecular weight excluding hydrogens is 441 g/mol. The maximum atomic E-state index is 14.6. The summed E-state index contributed by atoms with van der Waals surface area (Å²) in [7, 11) is 0. The molecule has 0 aliphatic rings. The Morgan fingerprint density at radius 3 is 2.63 bits per heavy atom. The standard InChI is InChI=1S/C18H17ClF2N6O2.ClH/c1-3-27(22)18(28)24-8-15-13(20)4-10(7-23-15)12-5-11(19)6-14(21)16(12)17-25-9(2)29-26-17;/h4-7H,3,8,22H2,1-2H3,(H,24,28);1H. The molecule has 0 saturated heterocycles. The second-order valence-corrected chi connectivity index (χ2v) is 6.48. The molecule has 0 saturated carbocycles. The van der Waals surface area contributed by atoms with Crippen molar-refractivity contribution < 1.29 is 18.1 Å². The highest BCUT2D eigenvalue weighted by Crippen LogP contribution is 2.35. The fourth-order valence-corrected chi connectivity index (χ4v) is 2.78. The van der Waals surface area contributed by atoms with Crippen LogP contribution in [0.4, 0.5) is 13.6 Å². The summed E-state index contributed by atoms with van der Waals surface area (Å²) in [5, 5.41) is 7.24. The van der Waals surface area contributed by atoms with Crippen LogP contribution in [-0.4, -0.2) is 32.7 Å². The normalized spacial score (nSPS) is 10.5. The molecule has 2 amide bonds. The lowest BCUT2D eigenvalue weighted by Crippen LogP contribution is -2.44. The summed E-state index contributed by atoms with van der Waals surface area (Å²) in [4.78, 5) is 19.8. The first-order valence-electron chi connectivity index (χ1n) is 8.54. The molecule has 8 nitrogen and oxygen atoms in total. The highest BCUT2D eigenvalue weighted by atomic mass is 35.5. The monoisotopic (exact) mass is 458 g/mol. The van der Waals surface area contributed by atoms with Gasteiger partial charge in [-0.05, 0) is 30.7 Å². The molecule has 0 fully saturated rings. The van der Waals surface area contributed by atoms with E-state index in [9.17, 15) is 13.6 Å². The Balaban J connectivity index is 0.00000320. The van der Waals surface area contributed by atoms with Gasteiger partial charge in [-0.3, -0.25) is 9.99 Å². The van der Waals surface area contributed by atoms with Crippen molar-refractivity contribution in [2.75, 3.05) is 6.54 Å². The van der Waals surface area contributed by atoms with E-state index >= 15 is 0 Å². The minimum atomic E-state index is -0.696. The molecule has 3 N–H and O–H groups in total. The zero-order chi connectivity index (χ0) is 21.1. The number of urea groups is 1. The van der Waals surface area contributed by atoms with Gasteiger partial charge in [-0.15, -0.1) is 12.4 Å². The van der Waals surface area contributed by atoms with E-state index < -0.39 is 17.7 Å². The molecule has 0 atom stereocenters. The van der Waals surface area contributed by atoms with Crippen molar-refractivity contribution in [3.8, 4) is 22.5 Å². The van der Waals surface area contributed by atoms with Crippen LogP contribution >= 0.6 is 24.0 Å². The molecule has 0 aliphatic carbocycles. The molecule has 0 aliphatic heterocycles. The van der Waals surface area contributed by atoms with Gasteiger partial charge in [0, 0.05) is 30.3 Å². The predicted molar refractivity (Wildman–Crippen MR) is 109 cm³/mol. The van der Waals surface area contributed by atoms with Gasteiger partial charge in [0.15, 0.2) is 0 Å². The van der Waals surface area contributed by atoms with Gasteiger partial charge < -0.3 is 9.84 Å². The molecule has 2 heterocycles. The number of pyridine rings is 1. The van der Waals surface area contributed by atoms with Crippen molar-refractivity contribution >= 4 is 30.0 Å². The lowest BCUT2D eigenvalue weighted by Gasteiger charge is -2.15. The minimum absolute atomic E-state index is 0. The van der Waals surface area contributed by atoms with Gasteiger partial charge in [0.25, 0.3) is 0 Å². The van der Waals surface area contributed by atoms with Gasteiger partial charge in [-0.2, -0.15) is 4.98 Å². The van der Waals surface area contributed by atoms with Crippen LogP contribution < -0.4 is 11.2 Å². The molecule has 3 rings (SSSR count). The average molecular weight is 459 g/mol. The summed E-state index contributed by atoms with van der Waals surface area (Å²) < 4.78 is 34.1. The molecule has 0 unspecified atom stereocenters. The van der Waals surface area contributed by atoms with E-state index in [4.69, 9.17) is 22.0 Å². The number of carbonyl (C=O) groups excluding carboxylic acids is 1. The third-order valence-electron chi connectivity index (χ3n) is 4.04. The third kappa shape index (κ3) is 5.02. The number of amides is 2. The molecule has 30 heavy (non-hydrogen) atoms. The number of aromatic nitrogens is 3. The highest BCUT2D eigenvalue weighted by molar-refractivity contribution is 6.31. The van der Waals surface area contributed by atoms with Crippen molar-refractivity contribution in [2.24, 2.45) is 5.84 Å². The number of nitrogens with zero attached hydrogens (tertiary/aromatic N) is 4. The Morgan fingerprint density at radius 2 is 2.03 bits per heavy atom. The predicted octanol–water partition coefficient (Wildman–Crippen LogP) is 3.87. The number of hydrazine groups is 1. The van der Waals surface area contributed by atoms with Crippen LogP contribution in [0.25, 0.3) is 22.5 Å². The van der Waals surface area contributed by atoms with Gasteiger partial charge in [0.1, 0.15) is 11.6 Å². The minimum Gasteiger partial charge on any atom is -0.339 e. The van der Waals surface area contributed by atoms with Gasteiger partial charge in [-0.1, -0.05) is 16.8 Å². The average Bonchev–Trinajstić information content (AvgIpc) is 3.11. The number of aryl methyl sites for hydroxylation is 1. The Morgan fingerprint density at radius 1 is 1.30 bits per heavy atom. The smallest absolute Gasteiger partial charge is 0.331 e. The second kappa shape index (κ2) is 9.79. The van der Waals surface area contributed by atoms with E-state index in [0.717, 1.165) is 17.1 Å². The number of nitrogens with two attached hydrogens (primary N) is 1. The van der Waals surface area contributed by atoms with E-state index in [2.05, 4.69) is 20.4 Å². The number of hydrogen-bond donors (Lipinski definition) is 2. The zero-order valence-corrected chi connectivity index (χ0v) is 17.5. The van der Waals surface area contributed by atoms with Crippen molar-refractivity contribution in [3.05, 3.63) is 52.6 Å². The summed E-state index contributed by atoms with van der Waals surface area (Å²) in [5.74, 6) is 4.33. The molecule has 0 spiro atoms. The third-order valence-corrected chi connectivity index (χ3v) is 4.26. The van der Waals surface area contributed by atoms with Gasteiger partial charge in [0.2, 0.25) is 11.7 Å². The van der Waals surface area contributed by atoms with Crippen LogP contribution in [0.3, 0.4) is 0 Å². The molecule has 12 heteroatoms.